The Balaban J connectivity index is 1.67. The molecule has 0 aliphatic rings. The summed E-state index contributed by atoms with van der Waals surface area (Å²) in [6.07, 6.45) is 0. The van der Waals surface area contributed by atoms with E-state index in [2.05, 4.69) is 25.6 Å². The lowest BCUT2D eigenvalue weighted by Crippen LogP contribution is -2.15. The molecule has 0 saturated carbocycles. The number of hydrogen-bond acceptors (Lipinski definition) is 7. The van der Waals surface area contributed by atoms with Crippen LogP contribution < -0.4 is 10.1 Å². The van der Waals surface area contributed by atoms with Gasteiger partial charge in [-0.15, -0.1) is 5.10 Å². The number of hydrogen-bond donors (Lipinski definition) is 1. The highest BCUT2D eigenvalue weighted by Crippen LogP contribution is 2.25. The van der Waals surface area contributed by atoms with E-state index in [0.29, 0.717) is 33.7 Å². The van der Waals surface area contributed by atoms with E-state index in [1.807, 2.05) is 32.0 Å². The van der Waals surface area contributed by atoms with E-state index in [1.54, 1.807) is 30.0 Å². The predicted octanol–water partition coefficient (Wildman–Crippen LogP) is 4.37. The van der Waals surface area contributed by atoms with E-state index < -0.39 is 11.7 Å². The van der Waals surface area contributed by atoms with Crippen molar-refractivity contribution >= 4 is 23.4 Å². The van der Waals surface area contributed by atoms with Gasteiger partial charge >= 0.3 is 0 Å². The highest BCUT2D eigenvalue weighted by molar-refractivity contribution is 7.98. The Morgan fingerprint density at radius 1 is 1.09 bits per heavy atom. The zero-order valence-electron chi connectivity index (χ0n) is 18.2. The number of carbonyl (C=O) groups excluding carboxylic acids is 1. The monoisotopic (exact) mass is 464 g/mol. The molecule has 2 heterocycles. The number of anilines is 1. The quantitative estimate of drug-likeness (QED) is 0.321. The molecule has 4 rings (SSSR count). The van der Waals surface area contributed by atoms with Crippen molar-refractivity contribution in [2.45, 2.75) is 24.8 Å². The average molecular weight is 465 g/mol. The number of methoxy groups -OCH3 is 1. The SMILES string of the molecule is COc1ccc(-n2nnc(C(=O)Nc3cccc(F)c3)c2CSc2nc(C)cc(C)n2)cc1. The van der Waals surface area contributed by atoms with Gasteiger partial charge in [-0.3, -0.25) is 4.79 Å². The second-order valence-corrected chi connectivity index (χ2v) is 8.12. The molecule has 33 heavy (non-hydrogen) atoms. The van der Waals surface area contributed by atoms with Crippen LogP contribution in [0.25, 0.3) is 5.69 Å². The first-order valence-corrected chi connectivity index (χ1v) is 11.0. The molecule has 0 aliphatic carbocycles. The molecule has 8 nitrogen and oxygen atoms in total. The lowest BCUT2D eigenvalue weighted by atomic mass is 10.2. The summed E-state index contributed by atoms with van der Waals surface area (Å²) in [5, 5.41) is 11.6. The van der Waals surface area contributed by atoms with Crippen molar-refractivity contribution in [3.8, 4) is 11.4 Å². The van der Waals surface area contributed by atoms with Gasteiger partial charge in [0.2, 0.25) is 0 Å². The molecule has 0 radical (unpaired) electrons. The van der Waals surface area contributed by atoms with Gasteiger partial charge < -0.3 is 10.1 Å². The molecular weight excluding hydrogens is 443 g/mol. The van der Waals surface area contributed by atoms with Crippen LogP contribution >= 0.6 is 11.8 Å². The summed E-state index contributed by atoms with van der Waals surface area (Å²) in [6.45, 7) is 3.81. The minimum absolute atomic E-state index is 0.131. The number of rotatable bonds is 7. The smallest absolute Gasteiger partial charge is 0.278 e. The fraction of sp³-hybridized carbons (Fsp3) is 0.174. The normalized spacial score (nSPS) is 10.8. The van der Waals surface area contributed by atoms with Crippen molar-refractivity contribution in [2.24, 2.45) is 0 Å². The Kier molecular flexibility index (Phi) is 6.64. The first kappa shape index (κ1) is 22.4. The van der Waals surface area contributed by atoms with E-state index in [1.165, 1.54) is 30.0 Å². The molecule has 0 saturated heterocycles. The lowest BCUT2D eigenvalue weighted by Gasteiger charge is -2.09. The van der Waals surface area contributed by atoms with Gasteiger partial charge in [0.05, 0.1) is 18.5 Å². The van der Waals surface area contributed by atoms with Crippen LogP contribution in [0.1, 0.15) is 27.6 Å². The van der Waals surface area contributed by atoms with Gasteiger partial charge in [-0.05, 0) is 62.4 Å². The molecule has 2 aromatic heterocycles. The maximum Gasteiger partial charge on any atom is 0.278 e. The second-order valence-electron chi connectivity index (χ2n) is 7.18. The van der Waals surface area contributed by atoms with Crippen molar-refractivity contribution in [1.29, 1.82) is 0 Å². The fourth-order valence-corrected chi connectivity index (χ4v) is 4.13. The predicted molar refractivity (Wildman–Crippen MR) is 123 cm³/mol. The summed E-state index contributed by atoms with van der Waals surface area (Å²) in [5.74, 6) is 0.102. The van der Waals surface area contributed by atoms with Gasteiger partial charge in [-0.2, -0.15) is 0 Å². The van der Waals surface area contributed by atoms with Gasteiger partial charge in [0.25, 0.3) is 5.91 Å². The Morgan fingerprint density at radius 3 is 2.48 bits per heavy atom. The number of nitrogens with one attached hydrogen (secondary N) is 1. The topological polar surface area (TPSA) is 94.8 Å². The van der Waals surface area contributed by atoms with Gasteiger partial charge in [0.1, 0.15) is 11.6 Å². The zero-order valence-corrected chi connectivity index (χ0v) is 19.1. The summed E-state index contributed by atoms with van der Waals surface area (Å²) < 4.78 is 20.4. The number of ether oxygens (including phenoxy) is 1. The van der Waals surface area contributed by atoms with Crippen LogP contribution in [0.2, 0.25) is 0 Å². The highest BCUT2D eigenvalue weighted by atomic mass is 32.2. The molecule has 0 unspecified atom stereocenters. The number of amides is 1. The van der Waals surface area contributed by atoms with Gasteiger partial charge in [0.15, 0.2) is 10.9 Å². The van der Waals surface area contributed by atoms with Crippen molar-refractivity contribution < 1.29 is 13.9 Å². The Morgan fingerprint density at radius 2 is 1.82 bits per heavy atom. The van der Waals surface area contributed by atoms with Crippen LogP contribution in [-0.4, -0.2) is 38.0 Å². The third-order valence-electron chi connectivity index (χ3n) is 4.68. The minimum Gasteiger partial charge on any atom is -0.497 e. The largest absolute Gasteiger partial charge is 0.497 e. The van der Waals surface area contributed by atoms with Crippen LogP contribution in [0.4, 0.5) is 10.1 Å². The van der Waals surface area contributed by atoms with Crippen LogP contribution in [0.3, 0.4) is 0 Å². The molecule has 2 aromatic carbocycles. The Bertz CT molecular complexity index is 1270. The lowest BCUT2D eigenvalue weighted by molar-refractivity contribution is 0.102. The number of carbonyl (C=O) groups is 1. The molecule has 4 aromatic rings. The maximum atomic E-state index is 13.5. The second kappa shape index (κ2) is 9.78. The Labute approximate surface area is 194 Å². The fourth-order valence-electron chi connectivity index (χ4n) is 3.19. The molecular formula is C23H21FN6O2S. The van der Waals surface area contributed by atoms with E-state index in [0.717, 1.165) is 11.4 Å². The van der Waals surface area contributed by atoms with Crippen LogP contribution in [0.15, 0.2) is 59.8 Å². The van der Waals surface area contributed by atoms with Crippen LogP contribution in [-0.2, 0) is 5.75 Å². The van der Waals surface area contributed by atoms with E-state index in [-0.39, 0.29) is 5.69 Å². The molecule has 0 fully saturated rings. The number of aryl methyl sites for hydroxylation is 2. The van der Waals surface area contributed by atoms with Gasteiger partial charge in [-0.25, -0.2) is 19.0 Å². The molecule has 10 heteroatoms. The van der Waals surface area contributed by atoms with Crippen LogP contribution in [0.5, 0.6) is 5.75 Å². The molecule has 0 aliphatic heterocycles. The first-order chi connectivity index (χ1) is 15.9. The number of thioether (sulfide) groups is 1. The standard InChI is InChI=1S/C23H21FN6O2S/c1-14-11-15(2)26-23(25-14)33-13-20-21(22(31)27-17-6-4-5-16(24)12-17)28-29-30(20)18-7-9-19(32-3)10-8-18/h4-12H,13H2,1-3H3,(H,27,31). The van der Waals surface area contributed by atoms with Crippen molar-refractivity contribution in [2.75, 3.05) is 12.4 Å². The van der Waals surface area contributed by atoms with Crippen molar-refractivity contribution in [1.82, 2.24) is 25.0 Å². The maximum absolute atomic E-state index is 13.5. The molecule has 168 valence electrons. The molecule has 0 spiro atoms. The van der Waals surface area contributed by atoms with Gasteiger partial charge in [0, 0.05) is 22.8 Å². The first-order valence-electron chi connectivity index (χ1n) is 10.0. The number of halogens is 1. The molecule has 0 bridgehead atoms. The van der Waals surface area contributed by atoms with Crippen molar-refractivity contribution in [3.05, 3.63) is 83.2 Å². The third kappa shape index (κ3) is 5.35. The zero-order chi connectivity index (χ0) is 23.4. The highest BCUT2D eigenvalue weighted by Gasteiger charge is 2.22. The number of aromatic nitrogens is 5. The van der Waals surface area contributed by atoms with Gasteiger partial charge in [-0.1, -0.05) is 23.0 Å². The van der Waals surface area contributed by atoms with Crippen LogP contribution in [0, 0.1) is 19.7 Å². The summed E-state index contributed by atoms with van der Waals surface area (Å²) >= 11 is 1.38. The molecule has 0 atom stereocenters. The van der Waals surface area contributed by atoms with Crippen molar-refractivity contribution in [3.63, 3.8) is 0 Å². The minimum atomic E-state index is -0.489. The summed E-state index contributed by atoms with van der Waals surface area (Å²) in [4.78, 5) is 21.9. The Hall–Kier alpha value is -3.79. The van der Waals surface area contributed by atoms with E-state index >= 15 is 0 Å². The van der Waals surface area contributed by atoms with E-state index in [4.69, 9.17) is 4.74 Å². The summed E-state index contributed by atoms with van der Waals surface area (Å²) in [5.41, 5.74) is 3.45. The molecule has 1 N–H and O–H groups in total. The molecule has 1 amide bonds. The number of nitrogens with zero attached hydrogens (tertiary/aromatic N) is 5. The summed E-state index contributed by atoms with van der Waals surface area (Å²) in [6, 6.07) is 14.8. The van der Waals surface area contributed by atoms with E-state index in [9.17, 15) is 9.18 Å². The average Bonchev–Trinajstić information content (AvgIpc) is 3.21. The third-order valence-corrected chi connectivity index (χ3v) is 5.54. The number of benzene rings is 2. The summed E-state index contributed by atoms with van der Waals surface area (Å²) in [7, 11) is 1.59.